The van der Waals surface area contributed by atoms with Crippen molar-refractivity contribution in [2.24, 2.45) is 0 Å². The molecule has 0 atom stereocenters. The third kappa shape index (κ3) is 7.93. The van der Waals surface area contributed by atoms with E-state index in [1.54, 1.807) is 14.2 Å². The summed E-state index contributed by atoms with van der Waals surface area (Å²) in [4.78, 5) is 2.26. The highest BCUT2D eigenvalue weighted by atomic mass is 28.2. The second-order valence-corrected chi connectivity index (χ2v) is 5.33. The fourth-order valence-electron chi connectivity index (χ4n) is 1.28. The van der Waals surface area contributed by atoms with Gasteiger partial charge >= 0.3 is 0 Å². The molecular weight excluding hydrogens is 210 g/mol. The molecule has 0 fully saturated rings. The van der Waals surface area contributed by atoms with Crippen molar-refractivity contribution in [1.29, 1.82) is 0 Å². The fraction of sp³-hybridized carbons (Fsp3) is 1.00. The van der Waals surface area contributed by atoms with Crippen molar-refractivity contribution >= 4 is 9.52 Å². The molecule has 0 aliphatic heterocycles. The maximum atomic E-state index is 5.57. The third-order valence-corrected chi connectivity index (χ3v) is 4.26. The van der Waals surface area contributed by atoms with Gasteiger partial charge in [-0.1, -0.05) is 13.8 Å². The highest BCUT2D eigenvalue weighted by Gasteiger charge is 2.05. The predicted octanol–water partition coefficient (Wildman–Crippen LogP) is 0.466. The van der Waals surface area contributed by atoms with E-state index in [0.717, 1.165) is 32.5 Å². The lowest BCUT2D eigenvalue weighted by molar-refractivity contribution is -0.0449. The van der Waals surface area contributed by atoms with Crippen molar-refractivity contribution in [3.8, 4) is 0 Å². The van der Waals surface area contributed by atoms with Gasteiger partial charge in [0.1, 0.15) is 5.91 Å². The van der Waals surface area contributed by atoms with Crippen LogP contribution < -0.4 is 0 Å². The van der Waals surface area contributed by atoms with E-state index < -0.39 is 0 Å². The number of hydrogen-bond donors (Lipinski definition) is 0. The van der Waals surface area contributed by atoms with Gasteiger partial charge in [0.25, 0.3) is 0 Å². The van der Waals surface area contributed by atoms with Crippen molar-refractivity contribution in [1.82, 2.24) is 4.90 Å². The van der Waals surface area contributed by atoms with E-state index in [0.29, 0.717) is 0 Å². The van der Waals surface area contributed by atoms with Crippen LogP contribution in [0.5, 0.6) is 0 Å². The van der Waals surface area contributed by atoms with Gasteiger partial charge in [0.15, 0.2) is 0 Å². The number of nitrogens with zero attached hydrogens (tertiary/aromatic N) is 1. The minimum Gasteiger partial charge on any atom is -0.366 e. The van der Waals surface area contributed by atoms with Gasteiger partial charge in [0, 0.05) is 20.8 Å². The van der Waals surface area contributed by atoms with E-state index in [-0.39, 0.29) is 15.4 Å². The molecule has 4 nitrogen and oxygen atoms in total. The first-order chi connectivity index (χ1) is 7.28. The molecule has 0 N–H and O–H groups in total. The summed E-state index contributed by atoms with van der Waals surface area (Å²) in [7, 11) is 3.06. The first-order valence-corrected chi connectivity index (χ1v) is 7.45. The lowest BCUT2D eigenvalue weighted by Gasteiger charge is -2.18. The third-order valence-electron chi connectivity index (χ3n) is 2.42. The van der Waals surface area contributed by atoms with E-state index in [9.17, 15) is 0 Å². The maximum absolute atomic E-state index is 5.57. The molecule has 0 rings (SSSR count). The van der Waals surface area contributed by atoms with Crippen molar-refractivity contribution < 1.29 is 14.2 Å². The maximum Gasteiger partial charge on any atom is 0.134 e. The Kier molecular flexibility index (Phi) is 10.6. The summed E-state index contributed by atoms with van der Waals surface area (Å²) in [5.74, 6) is 0.0436. The first kappa shape index (κ1) is 15.1. The quantitative estimate of drug-likeness (QED) is 0.313. The Bertz CT molecular complexity index is 116. The molecule has 92 valence electrons. The Morgan fingerprint density at radius 1 is 1.13 bits per heavy atom. The summed E-state index contributed by atoms with van der Waals surface area (Å²) in [6.07, 6.45) is 0. The molecule has 0 radical (unpaired) electrons. The van der Waals surface area contributed by atoms with Crippen LogP contribution in [-0.4, -0.2) is 61.0 Å². The van der Waals surface area contributed by atoms with E-state index in [4.69, 9.17) is 14.2 Å². The average molecular weight is 235 g/mol. The van der Waals surface area contributed by atoms with Gasteiger partial charge in [-0.25, -0.2) is 0 Å². The number of methoxy groups -OCH3 is 2. The largest absolute Gasteiger partial charge is 0.366 e. The topological polar surface area (TPSA) is 30.9 Å². The van der Waals surface area contributed by atoms with Crippen LogP contribution in [0.3, 0.4) is 0 Å². The van der Waals surface area contributed by atoms with Gasteiger partial charge in [-0.05, 0) is 19.1 Å². The summed E-state index contributed by atoms with van der Waals surface area (Å²) in [6.45, 7) is 7.96. The average Bonchev–Trinajstić information content (AvgIpc) is 2.29. The molecule has 0 aliphatic carbocycles. The zero-order valence-corrected chi connectivity index (χ0v) is 11.9. The van der Waals surface area contributed by atoms with Crippen LogP contribution >= 0.6 is 0 Å². The van der Waals surface area contributed by atoms with E-state index in [1.165, 1.54) is 0 Å². The van der Waals surface area contributed by atoms with E-state index >= 15 is 0 Å². The van der Waals surface area contributed by atoms with E-state index in [1.807, 2.05) is 0 Å². The van der Waals surface area contributed by atoms with Crippen molar-refractivity contribution in [2.45, 2.75) is 25.8 Å². The van der Waals surface area contributed by atoms with Crippen LogP contribution in [0.15, 0.2) is 0 Å². The Morgan fingerprint density at radius 2 is 1.73 bits per heavy atom. The van der Waals surface area contributed by atoms with Gasteiger partial charge in [-0.15, -0.1) is 0 Å². The molecule has 0 aromatic rings. The molecule has 5 heteroatoms. The second kappa shape index (κ2) is 10.6. The fourth-order valence-corrected chi connectivity index (χ4v) is 2.46. The molecule has 0 aromatic carbocycles. The summed E-state index contributed by atoms with van der Waals surface area (Å²) < 4.78 is 15.9. The predicted molar refractivity (Wildman–Crippen MR) is 64.9 cm³/mol. The smallest absolute Gasteiger partial charge is 0.134 e. The van der Waals surface area contributed by atoms with Gasteiger partial charge in [0.05, 0.1) is 16.3 Å². The van der Waals surface area contributed by atoms with Crippen LogP contribution in [0.1, 0.15) is 13.8 Å². The lowest BCUT2D eigenvalue weighted by atomic mass is 10.6. The highest BCUT2D eigenvalue weighted by molar-refractivity contribution is 6.36. The molecule has 0 saturated carbocycles. The molecule has 0 unspecified atom stereocenters. The van der Waals surface area contributed by atoms with Gasteiger partial charge in [-0.3, -0.25) is 4.90 Å². The lowest BCUT2D eigenvalue weighted by Crippen LogP contribution is -2.27. The van der Waals surface area contributed by atoms with E-state index in [2.05, 4.69) is 18.7 Å². The van der Waals surface area contributed by atoms with Crippen LogP contribution in [-0.2, 0) is 14.2 Å². The Balaban J connectivity index is 3.30. The van der Waals surface area contributed by atoms with Crippen molar-refractivity contribution in [2.75, 3.05) is 40.6 Å². The van der Waals surface area contributed by atoms with Crippen LogP contribution in [0.4, 0.5) is 0 Å². The molecular formula is C10H25NO3Si. The molecule has 0 spiro atoms. The summed E-state index contributed by atoms with van der Waals surface area (Å²) >= 11 is 0. The number of ether oxygens (including phenoxy) is 3. The zero-order chi connectivity index (χ0) is 11.5. The number of rotatable bonds is 10. The van der Waals surface area contributed by atoms with Crippen LogP contribution in [0.2, 0.25) is 6.04 Å². The molecule has 0 heterocycles. The van der Waals surface area contributed by atoms with Crippen LogP contribution in [0, 0.1) is 0 Å². The summed E-state index contributed by atoms with van der Waals surface area (Å²) in [5, 5.41) is 0. The SMILES string of the molecule is CCN(CC)COCC[SiH2]C(OC)OC. The number of hydrogen-bond acceptors (Lipinski definition) is 4. The molecule has 0 saturated heterocycles. The molecule has 0 amide bonds. The molecule has 15 heavy (non-hydrogen) atoms. The van der Waals surface area contributed by atoms with Gasteiger partial charge in [0.2, 0.25) is 0 Å². The Labute approximate surface area is 95.7 Å². The monoisotopic (exact) mass is 235 g/mol. The standard InChI is InChI=1S/C10H25NO3Si/c1-5-11(6-2)9-14-7-8-15-10(12-3)13-4/h10H,5-9,15H2,1-4H3. The summed E-state index contributed by atoms with van der Waals surface area (Å²) in [6, 6.07) is 1.10. The first-order valence-electron chi connectivity index (χ1n) is 5.64. The second-order valence-electron chi connectivity index (χ2n) is 3.38. The minimum atomic E-state index is -0.320. The Morgan fingerprint density at radius 3 is 2.20 bits per heavy atom. The zero-order valence-electron chi connectivity index (χ0n) is 10.5. The molecule has 0 bridgehead atoms. The molecule has 0 aliphatic rings. The minimum absolute atomic E-state index is 0.0436. The molecule has 0 aromatic heterocycles. The Hall–Kier alpha value is 0.0569. The van der Waals surface area contributed by atoms with Crippen molar-refractivity contribution in [3.05, 3.63) is 0 Å². The highest BCUT2D eigenvalue weighted by Crippen LogP contribution is 1.94. The van der Waals surface area contributed by atoms with Crippen molar-refractivity contribution in [3.63, 3.8) is 0 Å². The van der Waals surface area contributed by atoms with Gasteiger partial charge < -0.3 is 14.2 Å². The van der Waals surface area contributed by atoms with Crippen LogP contribution in [0.25, 0.3) is 0 Å². The van der Waals surface area contributed by atoms with Gasteiger partial charge in [-0.2, -0.15) is 0 Å². The summed E-state index contributed by atoms with van der Waals surface area (Å²) in [5.41, 5.74) is 0. The normalized spacial score (nSPS) is 12.4.